The van der Waals surface area contributed by atoms with Crippen LogP contribution in [0.25, 0.3) is 0 Å². The lowest BCUT2D eigenvalue weighted by atomic mass is 10.1. The molecule has 0 spiro atoms. The van der Waals surface area contributed by atoms with Crippen LogP contribution in [0.4, 0.5) is 11.4 Å². The number of fused-ring (bicyclic) bond motifs is 1. The van der Waals surface area contributed by atoms with E-state index in [2.05, 4.69) is 5.32 Å². The lowest BCUT2D eigenvalue weighted by molar-refractivity contribution is -0.121. The molecule has 0 aromatic heterocycles. The molecule has 0 bridgehead atoms. The van der Waals surface area contributed by atoms with Crippen LogP contribution >= 0.6 is 11.6 Å². The summed E-state index contributed by atoms with van der Waals surface area (Å²) in [7, 11) is 0. The van der Waals surface area contributed by atoms with E-state index in [1.165, 1.54) is 0 Å². The maximum atomic E-state index is 12.5. The molecule has 4 rings (SSSR count). The van der Waals surface area contributed by atoms with Gasteiger partial charge >= 0.3 is 0 Å². The molecule has 0 radical (unpaired) electrons. The quantitative estimate of drug-likeness (QED) is 0.643. The predicted octanol–water partition coefficient (Wildman–Crippen LogP) is 4.28. The number of rotatable bonds is 6. The average molecular weight is 423 g/mol. The summed E-state index contributed by atoms with van der Waals surface area (Å²) >= 11 is 5.95. The summed E-state index contributed by atoms with van der Waals surface area (Å²) in [4.78, 5) is 26.4. The SMILES string of the molecule is O=C(COc1ccccc1)Nc1ccc2c(c1)N(Cc1ccc(Cl)cc1)C(=O)CO2. The molecular weight excluding hydrogens is 404 g/mol. The molecule has 3 aromatic rings. The van der Waals surface area contributed by atoms with Gasteiger partial charge in [0.1, 0.15) is 11.5 Å². The van der Waals surface area contributed by atoms with E-state index in [9.17, 15) is 9.59 Å². The molecule has 6 nitrogen and oxygen atoms in total. The van der Waals surface area contributed by atoms with E-state index in [1.54, 1.807) is 47.4 Å². The molecule has 1 aliphatic rings. The third-order valence-electron chi connectivity index (χ3n) is 4.55. The molecule has 0 aliphatic carbocycles. The Hall–Kier alpha value is -3.51. The van der Waals surface area contributed by atoms with Crippen molar-refractivity contribution in [3.63, 3.8) is 0 Å². The number of hydrogen-bond acceptors (Lipinski definition) is 4. The van der Waals surface area contributed by atoms with Crippen molar-refractivity contribution in [2.45, 2.75) is 6.54 Å². The van der Waals surface area contributed by atoms with Crippen LogP contribution in [-0.2, 0) is 16.1 Å². The van der Waals surface area contributed by atoms with E-state index in [0.717, 1.165) is 5.56 Å². The van der Waals surface area contributed by atoms with Gasteiger partial charge in [-0.2, -0.15) is 0 Å². The van der Waals surface area contributed by atoms with Gasteiger partial charge in [-0.25, -0.2) is 0 Å². The number of anilines is 2. The number of amides is 2. The van der Waals surface area contributed by atoms with E-state index in [0.29, 0.717) is 34.4 Å². The van der Waals surface area contributed by atoms with Crippen LogP contribution in [0.1, 0.15) is 5.56 Å². The molecule has 1 N–H and O–H groups in total. The van der Waals surface area contributed by atoms with Gasteiger partial charge < -0.3 is 19.7 Å². The number of para-hydroxylation sites is 1. The van der Waals surface area contributed by atoms with Crippen LogP contribution in [0.15, 0.2) is 72.8 Å². The molecule has 1 heterocycles. The number of benzene rings is 3. The standard InChI is InChI=1S/C23H19ClN2O4/c24-17-8-6-16(7-9-17)13-26-20-12-18(10-11-21(20)30-15-23(26)28)25-22(27)14-29-19-4-2-1-3-5-19/h1-12H,13-15H2,(H,25,27). The van der Waals surface area contributed by atoms with Gasteiger partial charge in [-0.15, -0.1) is 0 Å². The topological polar surface area (TPSA) is 67.9 Å². The first-order valence-electron chi connectivity index (χ1n) is 9.38. The fourth-order valence-corrected chi connectivity index (χ4v) is 3.21. The predicted molar refractivity (Wildman–Crippen MR) is 115 cm³/mol. The van der Waals surface area contributed by atoms with Crippen LogP contribution in [0.3, 0.4) is 0 Å². The Morgan fingerprint density at radius 3 is 2.60 bits per heavy atom. The maximum Gasteiger partial charge on any atom is 0.265 e. The van der Waals surface area contributed by atoms with Gasteiger partial charge in [-0.1, -0.05) is 41.9 Å². The third kappa shape index (κ3) is 4.72. The monoisotopic (exact) mass is 422 g/mol. The lowest BCUT2D eigenvalue weighted by Gasteiger charge is -2.30. The Morgan fingerprint density at radius 1 is 1.07 bits per heavy atom. The van der Waals surface area contributed by atoms with Gasteiger partial charge in [-0.3, -0.25) is 9.59 Å². The molecule has 0 atom stereocenters. The second-order valence-corrected chi connectivity index (χ2v) is 7.16. The van der Waals surface area contributed by atoms with E-state index in [-0.39, 0.29) is 25.0 Å². The van der Waals surface area contributed by atoms with Gasteiger partial charge in [0.05, 0.1) is 12.2 Å². The molecule has 0 saturated carbocycles. The molecule has 1 aliphatic heterocycles. The highest BCUT2D eigenvalue weighted by atomic mass is 35.5. The third-order valence-corrected chi connectivity index (χ3v) is 4.80. The number of nitrogens with one attached hydrogen (secondary N) is 1. The zero-order valence-electron chi connectivity index (χ0n) is 16.0. The van der Waals surface area contributed by atoms with Gasteiger partial charge in [-0.05, 0) is 48.0 Å². The Bertz CT molecular complexity index is 1050. The molecular formula is C23H19ClN2O4. The smallest absolute Gasteiger partial charge is 0.265 e. The Kier molecular flexibility index (Phi) is 5.86. The minimum absolute atomic E-state index is 0.0305. The fourth-order valence-electron chi connectivity index (χ4n) is 3.09. The molecule has 0 fully saturated rings. The highest BCUT2D eigenvalue weighted by Gasteiger charge is 2.26. The van der Waals surface area contributed by atoms with Gasteiger partial charge in [0.15, 0.2) is 13.2 Å². The second-order valence-electron chi connectivity index (χ2n) is 6.73. The first kappa shape index (κ1) is 19.8. The van der Waals surface area contributed by atoms with Crippen molar-refractivity contribution in [3.8, 4) is 11.5 Å². The largest absolute Gasteiger partial charge is 0.484 e. The van der Waals surface area contributed by atoms with Crippen molar-refractivity contribution in [2.24, 2.45) is 0 Å². The van der Waals surface area contributed by atoms with Crippen molar-refractivity contribution in [2.75, 3.05) is 23.4 Å². The minimum atomic E-state index is -0.300. The molecule has 0 unspecified atom stereocenters. The van der Waals surface area contributed by atoms with Crippen molar-refractivity contribution in [1.29, 1.82) is 0 Å². The average Bonchev–Trinajstić information content (AvgIpc) is 2.76. The summed E-state index contributed by atoms with van der Waals surface area (Å²) in [5, 5.41) is 3.43. The van der Waals surface area contributed by atoms with Crippen LogP contribution in [0.5, 0.6) is 11.5 Å². The van der Waals surface area contributed by atoms with Gasteiger partial charge in [0.25, 0.3) is 11.8 Å². The summed E-state index contributed by atoms with van der Waals surface area (Å²) in [5.41, 5.74) is 2.09. The molecule has 2 amide bonds. The van der Waals surface area contributed by atoms with Crippen molar-refractivity contribution in [1.82, 2.24) is 0 Å². The highest BCUT2D eigenvalue weighted by molar-refractivity contribution is 6.30. The number of halogens is 1. The van der Waals surface area contributed by atoms with Gasteiger partial charge in [0, 0.05) is 10.7 Å². The van der Waals surface area contributed by atoms with Crippen LogP contribution in [0.2, 0.25) is 5.02 Å². The summed E-state index contributed by atoms with van der Waals surface area (Å²) in [6.45, 7) is 0.225. The summed E-state index contributed by atoms with van der Waals surface area (Å²) in [6.07, 6.45) is 0. The first-order chi connectivity index (χ1) is 14.6. The summed E-state index contributed by atoms with van der Waals surface area (Å²) in [5.74, 6) is 0.743. The van der Waals surface area contributed by atoms with E-state index in [4.69, 9.17) is 21.1 Å². The van der Waals surface area contributed by atoms with Crippen LogP contribution < -0.4 is 19.7 Å². The van der Waals surface area contributed by atoms with Crippen LogP contribution in [0, 0.1) is 0 Å². The molecule has 0 saturated heterocycles. The van der Waals surface area contributed by atoms with Crippen molar-refractivity contribution < 1.29 is 19.1 Å². The highest BCUT2D eigenvalue weighted by Crippen LogP contribution is 2.35. The molecule has 30 heavy (non-hydrogen) atoms. The number of nitrogens with zero attached hydrogens (tertiary/aromatic N) is 1. The summed E-state index contributed by atoms with van der Waals surface area (Å²) in [6, 6.07) is 21.6. The van der Waals surface area contributed by atoms with Crippen molar-refractivity contribution in [3.05, 3.63) is 83.4 Å². The molecule has 152 valence electrons. The lowest BCUT2D eigenvalue weighted by Crippen LogP contribution is -2.38. The fraction of sp³-hybridized carbons (Fsp3) is 0.130. The maximum absolute atomic E-state index is 12.5. The minimum Gasteiger partial charge on any atom is -0.484 e. The van der Waals surface area contributed by atoms with E-state index < -0.39 is 0 Å². The number of carbonyl (C=O) groups is 2. The molecule has 7 heteroatoms. The number of ether oxygens (including phenoxy) is 2. The Labute approximate surface area is 179 Å². The number of carbonyl (C=O) groups excluding carboxylic acids is 2. The zero-order chi connectivity index (χ0) is 20.9. The number of hydrogen-bond donors (Lipinski definition) is 1. The van der Waals surface area contributed by atoms with Crippen molar-refractivity contribution >= 4 is 34.8 Å². The summed E-state index contributed by atoms with van der Waals surface area (Å²) < 4.78 is 11.0. The Morgan fingerprint density at radius 2 is 1.83 bits per heavy atom. The molecule has 3 aromatic carbocycles. The van der Waals surface area contributed by atoms with Gasteiger partial charge in [0.2, 0.25) is 0 Å². The van der Waals surface area contributed by atoms with E-state index >= 15 is 0 Å². The van der Waals surface area contributed by atoms with Crippen LogP contribution in [-0.4, -0.2) is 25.0 Å². The van der Waals surface area contributed by atoms with E-state index in [1.807, 2.05) is 30.3 Å². The Balaban J connectivity index is 1.47. The second kappa shape index (κ2) is 8.88. The normalized spacial score (nSPS) is 12.7. The zero-order valence-corrected chi connectivity index (χ0v) is 16.8. The first-order valence-corrected chi connectivity index (χ1v) is 9.75.